The molecule has 0 aliphatic carbocycles. The van der Waals surface area contributed by atoms with E-state index in [2.05, 4.69) is 15.5 Å². The van der Waals surface area contributed by atoms with Crippen LogP contribution in [-0.2, 0) is 11.0 Å². The zero-order valence-electron chi connectivity index (χ0n) is 17.2. The van der Waals surface area contributed by atoms with Gasteiger partial charge < -0.3 is 18.6 Å². The van der Waals surface area contributed by atoms with E-state index in [1.807, 2.05) is 0 Å². The number of nitrogens with zero attached hydrogens (tertiary/aromatic N) is 2. The molecule has 3 aromatic rings. The molecular formula is C21H18F3N3O5. The molecule has 3 rings (SSSR count). The van der Waals surface area contributed by atoms with Crippen LogP contribution in [0.1, 0.15) is 11.1 Å². The first-order valence-electron chi connectivity index (χ1n) is 9.05. The number of alkyl halides is 3. The van der Waals surface area contributed by atoms with Gasteiger partial charge in [-0.25, -0.2) is 0 Å². The van der Waals surface area contributed by atoms with Crippen molar-refractivity contribution in [3.8, 4) is 28.7 Å². The highest BCUT2D eigenvalue weighted by atomic mass is 19.4. The fraction of sp³-hybridized carbons (Fsp3) is 0.190. The van der Waals surface area contributed by atoms with E-state index in [9.17, 15) is 18.0 Å². The summed E-state index contributed by atoms with van der Waals surface area (Å²) in [6.45, 7) is 0. The van der Waals surface area contributed by atoms with Gasteiger partial charge in [0.15, 0.2) is 11.5 Å². The zero-order chi connectivity index (χ0) is 23.3. The summed E-state index contributed by atoms with van der Waals surface area (Å²) in [5.74, 6) is 0.650. The van der Waals surface area contributed by atoms with Gasteiger partial charge in [0.05, 0.1) is 26.9 Å². The number of rotatable bonds is 7. The van der Waals surface area contributed by atoms with Gasteiger partial charge in [-0.1, -0.05) is 5.10 Å². The van der Waals surface area contributed by atoms with E-state index in [1.165, 1.54) is 45.6 Å². The van der Waals surface area contributed by atoms with Crippen molar-refractivity contribution < 1.29 is 36.6 Å². The molecule has 0 aliphatic heterocycles. The second kappa shape index (κ2) is 9.41. The Kier molecular flexibility index (Phi) is 6.67. The second-order valence-electron chi connectivity index (χ2n) is 6.27. The standard InChI is InChI=1S/C21H18F3N3O5/c1-29-15-10-12(11-16(30-2)18(15)31-3)4-9-17(28)25-20-27-26-19(32-20)13-5-7-14(8-6-13)21(22,23)24/h4-11H,1-3H3,(H,25,27,28)/b9-4+. The molecule has 32 heavy (non-hydrogen) atoms. The van der Waals surface area contributed by atoms with Gasteiger partial charge in [0, 0.05) is 11.6 Å². The highest BCUT2D eigenvalue weighted by molar-refractivity contribution is 6.00. The van der Waals surface area contributed by atoms with Crippen molar-refractivity contribution in [1.82, 2.24) is 10.2 Å². The SMILES string of the molecule is COc1cc(/C=C/C(=O)Nc2nnc(-c3ccc(C(F)(F)F)cc3)o2)cc(OC)c1OC. The summed E-state index contributed by atoms with van der Waals surface area (Å²) < 4.78 is 59.0. The number of hydrogen-bond acceptors (Lipinski definition) is 7. The third kappa shape index (κ3) is 5.17. The van der Waals surface area contributed by atoms with E-state index in [4.69, 9.17) is 18.6 Å². The Morgan fingerprint density at radius 3 is 2.16 bits per heavy atom. The summed E-state index contributed by atoms with van der Waals surface area (Å²) >= 11 is 0. The van der Waals surface area contributed by atoms with Crippen molar-refractivity contribution >= 4 is 18.0 Å². The van der Waals surface area contributed by atoms with Crippen molar-refractivity contribution in [2.45, 2.75) is 6.18 Å². The summed E-state index contributed by atoms with van der Waals surface area (Å²) in [6, 6.07) is 7.30. The number of aromatic nitrogens is 2. The average molecular weight is 449 g/mol. The molecule has 0 unspecified atom stereocenters. The molecule has 0 saturated heterocycles. The maximum absolute atomic E-state index is 12.7. The molecule has 8 nitrogen and oxygen atoms in total. The number of benzene rings is 2. The summed E-state index contributed by atoms with van der Waals surface area (Å²) in [5, 5.41) is 9.79. The highest BCUT2D eigenvalue weighted by Crippen LogP contribution is 2.38. The minimum Gasteiger partial charge on any atom is -0.493 e. The Hall–Kier alpha value is -4.02. The maximum atomic E-state index is 12.7. The molecule has 11 heteroatoms. The van der Waals surface area contributed by atoms with Crippen LogP contribution in [0.25, 0.3) is 17.5 Å². The van der Waals surface area contributed by atoms with Crippen LogP contribution in [0.3, 0.4) is 0 Å². The van der Waals surface area contributed by atoms with Crippen LogP contribution in [0.2, 0.25) is 0 Å². The summed E-state index contributed by atoms with van der Waals surface area (Å²) in [5.41, 5.74) is 0.0795. The number of anilines is 1. The summed E-state index contributed by atoms with van der Waals surface area (Å²) in [7, 11) is 4.43. The minimum absolute atomic E-state index is 0.0392. The van der Waals surface area contributed by atoms with Gasteiger partial charge in [0.2, 0.25) is 11.6 Å². The van der Waals surface area contributed by atoms with E-state index in [0.717, 1.165) is 12.1 Å². The van der Waals surface area contributed by atoms with Crippen molar-refractivity contribution in [2.75, 3.05) is 26.6 Å². The first-order chi connectivity index (χ1) is 15.2. The van der Waals surface area contributed by atoms with Gasteiger partial charge in [-0.15, -0.1) is 5.10 Å². The van der Waals surface area contributed by atoms with E-state index in [0.29, 0.717) is 22.8 Å². The van der Waals surface area contributed by atoms with Gasteiger partial charge in [-0.3, -0.25) is 10.1 Å². The quantitative estimate of drug-likeness (QED) is 0.533. The molecule has 2 aromatic carbocycles. The van der Waals surface area contributed by atoms with Gasteiger partial charge in [0.1, 0.15) is 0 Å². The van der Waals surface area contributed by atoms with Crippen LogP contribution >= 0.6 is 0 Å². The molecular weight excluding hydrogens is 431 g/mol. The van der Waals surface area contributed by atoms with Crippen molar-refractivity contribution in [1.29, 1.82) is 0 Å². The lowest BCUT2D eigenvalue weighted by atomic mass is 10.1. The molecule has 168 valence electrons. The predicted octanol–water partition coefficient (Wildman–Crippen LogP) is 4.43. The highest BCUT2D eigenvalue weighted by Gasteiger charge is 2.30. The van der Waals surface area contributed by atoms with Gasteiger partial charge in [-0.2, -0.15) is 13.2 Å². The maximum Gasteiger partial charge on any atom is 0.416 e. The molecule has 0 radical (unpaired) electrons. The number of ether oxygens (including phenoxy) is 3. The largest absolute Gasteiger partial charge is 0.493 e. The van der Waals surface area contributed by atoms with Gasteiger partial charge in [0.25, 0.3) is 5.91 Å². The summed E-state index contributed by atoms with van der Waals surface area (Å²) in [4.78, 5) is 12.2. The Balaban J connectivity index is 1.70. The Bertz CT molecular complexity index is 1100. The number of halogens is 3. The molecule has 1 N–H and O–H groups in total. The molecule has 1 amide bonds. The monoisotopic (exact) mass is 449 g/mol. The molecule has 1 aromatic heterocycles. The van der Waals surface area contributed by atoms with Crippen molar-refractivity contribution in [3.63, 3.8) is 0 Å². The zero-order valence-corrected chi connectivity index (χ0v) is 17.2. The number of nitrogens with one attached hydrogen (secondary N) is 1. The lowest BCUT2D eigenvalue weighted by molar-refractivity contribution is -0.137. The fourth-order valence-electron chi connectivity index (χ4n) is 2.71. The third-order valence-electron chi connectivity index (χ3n) is 4.23. The molecule has 0 bridgehead atoms. The van der Waals surface area contributed by atoms with Crippen molar-refractivity contribution in [3.05, 3.63) is 53.6 Å². The molecule has 0 fully saturated rings. The van der Waals surface area contributed by atoms with Crippen LogP contribution < -0.4 is 19.5 Å². The lowest BCUT2D eigenvalue weighted by Gasteiger charge is -2.12. The Labute approximate surface area is 180 Å². The van der Waals surface area contributed by atoms with E-state index in [-0.39, 0.29) is 17.5 Å². The number of carbonyl (C=O) groups excluding carboxylic acids is 1. The second-order valence-corrected chi connectivity index (χ2v) is 6.27. The number of hydrogen-bond donors (Lipinski definition) is 1. The Morgan fingerprint density at radius 2 is 1.62 bits per heavy atom. The molecule has 0 saturated carbocycles. The predicted molar refractivity (Wildman–Crippen MR) is 108 cm³/mol. The van der Waals surface area contributed by atoms with Crippen LogP contribution in [-0.4, -0.2) is 37.4 Å². The van der Waals surface area contributed by atoms with Gasteiger partial charge in [-0.05, 0) is 48.0 Å². The topological polar surface area (TPSA) is 95.7 Å². The number of amides is 1. The summed E-state index contributed by atoms with van der Waals surface area (Å²) in [6.07, 6.45) is -1.72. The minimum atomic E-state index is -4.45. The van der Waals surface area contributed by atoms with E-state index in [1.54, 1.807) is 12.1 Å². The number of methoxy groups -OCH3 is 3. The molecule has 0 spiro atoms. The van der Waals surface area contributed by atoms with E-state index < -0.39 is 17.6 Å². The molecule has 1 heterocycles. The van der Waals surface area contributed by atoms with Crippen LogP contribution in [0.4, 0.5) is 19.2 Å². The molecule has 0 aliphatic rings. The average Bonchev–Trinajstić information content (AvgIpc) is 3.24. The number of carbonyl (C=O) groups is 1. The van der Waals surface area contributed by atoms with Crippen LogP contribution in [0.5, 0.6) is 17.2 Å². The third-order valence-corrected chi connectivity index (χ3v) is 4.23. The van der Waals surface area contributed by atoms with Crippen LogP contribution in [0, 0.1) is 0 Å². The van der Waals surface area contributed by atoms with E-state index >= 15 is 0 Å². The smallest absolute Gasteiger partial charge is 0.416 e. The first kappa shape index (κ1) is 22.7. The Morgan fingerprint density at radius 1 is 1.00 bits per heavy atom. The lowest BCUT2D eigenvalue weighted by Crippen LogP contribution is -2.07. The normalized spacial score (nSPS) is 11.4. The fourth-order valence-corrected chi connectivity index (χ4v) is 2.71. The first-order valence-corrected chi connectivity index (χ1v) is 9.05. The van der Waals surface area contributed by atoms with Gasteiger partial charge >= 0.3 is 12.2 Å². The van der Waals surface area contributed by atoms with Crippen LogP contribution in [0.15, 0.2) is 46.9 Å². The molecule has 0 atom stereocenters. The van der Waals surface area contributed by atoms with Crippen molar-refractivity contribution in [2.24, 2.45) is 0 Å².